The van der Waals surface area contributed by atoms with Crippen molar-refractivity contribution >= 4 is 22.3 Å². The SMILES string of the molecule is CCOc1cc2nccc(Nc3cc(OC)ccc3OC)c2cc1OCC. The molecule has 6 nitrogen and oxygen atoms in total. The Morgan fingerprint density at radius 3 is 2.22 bits per heavy atom. The molecule has 1 heterocycles. The number of fused-ring (bicyclic) bond motifs is 1. The highest BCUT2D eigenvalue weighted by Crippen LogP contribution is 2.38. The zero-order chi connectivity index (χ0) is 19.2. The smallest absolute Gasteiger partial charge is 0.163 e. The molecule has 27 heavy (non-hydrogen) atoms. The van der Waals surface area contributed by atoms with E-state index in [0.29, 0.717) is 24.7 Å². The first kappa shape index (κ1) is 18.6. The van der Waals surface area contributed by atoms with Gasteiger partial charge in [-0.05, 0) is 38.1 Å². The van der Waals surface area contributed by atoms with Crippen LogP contribution in [0.1, 0.15) is 13.8 Å². The van der Waals surface area contributed by atoms with E-state index in [1.54, 1.807) is 20.4 Å². The molecule has 142 valence electrons. The summed E-state index contributed by atoms with van der Waals surface area (Å²) in [6.45, 7) is 5.01. The van der Waals surface area contributed by atoms with E-state index in [1.165, 1.54) is 0 Å². The molecule has 3 rings (SSSR count). The fourth-order valence-electron chi connectivity index (χ4n) is 2.86. The number of pyridine rings is 1. The third-order valence-electron chi connectivity index (χ3n) is 4.08. The normalized spacial score (nSPS) is 10.5. The van der Waals surface area contributed by atoms with Crippen LogP contribution in [0.25, 0.3) is 10.9 Å². The van der Waals surface area contributed by atoms with Gasteiger partial charge in [0.25, 0.3) is 0 Å². The summed E-state index contributed by atoms with van der Waals surface area (Å²) in [6, 6.07) is 11.4. The van der Waals surface area contributed by atoms with E-state index >= 15 is 0 Å². The number of hydrogen-bond donors (Lipinski definition) is 1. The van der Waals surface area contributed by atoms with Crippen molar-refractivity contribution in [3.05, 3.63) is 42.6 Å². The van der Waals surface area contributed by atoms with E-state index in [-0.39, 0.29) is 0 Å². The van der Waals surface area contributed by atoms with Crippen LogP contribution in [0.2, 0.25) is 0 Å². The number of benzene rings is 2. The average molecular weight is 368 g/mol. The zero-order valence-corrected chi connectivity index (χ0v) is 16.0. The van der Waals surface area contributed by atoms with Crippen molar-refractivity contribution in [1.29, 1.82) is 0 Å². The first-order chi connectivity index (χ1) is 13.2. The fourth-order valence-corrected chi connectivity index (χ4v) is 2.86. The lowest BCUT2D eigenvalue weighted by Gasteiger charge is -2.16. The third-order valence-corrected chi connectivity index (χ3v) is 4.08. The maximum Gasteiger partial charge on any atom is 0.163 e. The first-order valence-electron chi connectivity index (χ1n) is 8.87. The second kappa shape index (κ2) is 8.49. The van der Waals surface area contributed by atoms with Gasteiger partial charge in [-0.25, -0.2) is 0 Å². The lowest BCUT2D eigenvalue weighted by Crippen LogP contribution is -2.00. The Bertz CT molecular complexity index is 927. The van der Waals surface area contributed by atoms with Crippen molar-refractivity contribution in [2.24, 2.45) is 0 Å². The Balaban J connectivity index is 2.08. The number of hydrogen-bond acceptors (Lipinski definition) is 6. The van der Waals surface area contributed by atoms with Crippen LogP contribution in [0.15, 0.2) is 42.6 Å². The maximum atomic E-state index is 5.76. The molecule has 0 bridgehead atoms. The number of aromatic nitrogens is 1. The predicted octanol–water partition coefficient (Wildman–Crippen LogP) is 4.79. The van der Waals surface area contributed by atoms with E-state index in [0.717, 1.165) is 33.8 Å². The van der Waals surface area contributed by atoms with Gasteiger partial charge < -0.3 is 24.3 Å². The molecule has 3 aromatic rings. The molecule has 0 aliphatic carbocycles. The van der Waals surface area contributed by atoms with Crippen molar-refractivity contribution < 1.29 is 18.9 Å². The van der Waals surface area contributed by atoms with Crippen LogP contribution in [-0.4, -0.2) is 32.4 Å². The summed E-state index contributed by atoms with van der Waals surface area (Å²) >= 11 is 0. The summed E-state index contributed by atoms with van der Waals surface area (Å²) in [4.78, 5) is 4.47. The minimum Gasteiger partial charge on any atom is -0.497 e. The highest BCUT2D eigenvalue weighted by atomic mass is 16.5. The van der Waals surface area contributed by atoms with Gasteiger partial charge in [0.15, 0.2) is 11.5 Å². The molecule has 0 spiro atoms. The summed E-state index contributed by atoms with van der Waals surface area (Å²) in [6.07, 6.45) is 1.76. The number of nitrogens with zero attached hydrogens (tertiary/aromatic N) is 1. The van der Waals surface area contributed by atoms with Gasteiger partial charge in [0, 0.05) is 29.4 Å². The average Bonchev–Trinajstić information content (AvgIpc) is 2.69. The fraction of sp³-hybridized carbons (Fsp3) is 0.286. The van der Waals surface area contributed by atoms with Crippen LogP contribution in [0.5, 0.6) is 23.0 Å². The highest BCUT2D eigenvalue weighted by molar-refractivity contribution is 5.95. The number of ether oxygens (including phenoxy) is 4. The van der Waals surface area contributed by atoms with Gasteiger partial charge in [-0.15, -0.1) is 0 Å². The monoisotopic (exact) mass is 368 g/mol. The van der Waals surface area contributed by atoms with E-state index < -0.39 is 0 Å². The van der Waals surface area contributed by atoms with Crippen molar-refractivity contribution in [3.8, 4) is 23.0 Å². The lowest BCUT2D eigenvalue weighted by atomic mass is 10.1. The Hall–Kier alpha value is -3.15. The summed E-state index contributed by atoms with van der Waals surface area (Å²) in [5, 5.41) is 4.35. The molecular formula is C21H24N2O4. The second-order valence-electron chi connectivity index (χ2n) is 5.73. The van der Waals surface area contributed by atoms with Gasteiger partial charge in [-0.3, -0.25) is 4.98 Å². The van der Waals surface area contributed by atoms with Gasteiger partial charge in [0.2, 0.25) is 0 Å². The molecule has 0 amide bonds. The molecule has 0 aliphatic heterocycles. The Morgan fingerprint density at radius 2 is 1.56 bits per heavy atom. The van der Waals surface area contributed by atoms with Crippen LogP contribution >= 0.6 is 0 Å². The number of methoxy groups -OCH3 is 2. The minimum atomic E-state index is 0.554. The topological polar surface area (TPSA) is 61.8 Å². The van der Waals surface area contributed by atoms with Gasteiger partial charge in [0.1, 0.15) is 11.5 Å². The van der Waals surface area contributed by atoms with Crippen LogP contribution in [0.4, 0.5) is 11.4 Å². The van der Waals surface area contributed by atoms with Crippen molar-refractivity contribution in [3.63, 3.8) is 0 Å². The first-order valence-corrected chi connectivity index (χ1v) is 8.87. The van der Waals surface area contributed by atoms with E-state index in [9.17, 15) is 0 Å². The molecule has 0 saturated carbocycles. The summed E-state index contributed by atoms with van der Waals surface area (Å²) in [5.74, 6) is 2.85. The van der Waals surface area contributed by atoms with E-state index in [1.807, 2.05) is 50.2 Å². The largest absolute Gasteiger partial charge is 0.497 e. The van der Waals surface area contributed by atoms with E-state index in [2.05, 4.69) is 10.3 Å². The van der Waals surface area contributed by atoms with Crippen molar-refractivity contribution in [2.75, 3.05) is 32.8 Å². The molecule has 6 heteroatoms. The van der Waals surface area contributed by atoms with Gasteiger partial charge in [-0.2, -0.15) is 0 Å². The molecule has 1 N–H and O–H groups in total. The number of nitrogens with one attached hydrogen (secondary N) is 1. The summed E-state index contributed by atoms with van der Waals surface area (Å²) in [7, 11) is 3.27. The lowest BCUT2D eigenvalue weighted by molar-refractivity contribution is 0.288. The van der Waals surface area contributed by atoms with Crippen molar-refractivity contribution in [1.82, 2.24) is 4.98 Å². The Labute approximate surface area is 159 Å². The maximum absolute atomic E-state index is 5.76. The number of rotatable bonds is 8. The molecule has 0 saturated heterocycles. The second-order valence-corrected chi connectivity index (χ2v) is 5.73. The standard InChI is InChI=1S/C21H24N2O4/c1-5-26-20-12-15-16(9-10-22-17(15)13-21(20)27-6-2)23-18-11-14(24-3)7-8-19(18)25-4/h7-13H,5-6H2,1-4H3,(H,22,23). The third kappa shape index (κ3) is 4.00. The highest BCUT2D eigenvalue weighted by Gasteiger charge is 2.13. The molecule has 1 aromatic heterocycles. The van der Waals surface area contributed by atoms with Crippen molar-refractivity contribution in [2.45, 2.75) is 13.8 Å². The van der Waals surface area contributed by atoms with E-state index in [4.69, 9.17) is 18.9 Å². The summed E-state index contributed by atoms with van der Waals surface area (Å²) < 4.78 is 22.3. The van der Waals surface area contributed by atoms with Crippen LogP contribution < -0.4 is 24.3 Å². The van der Waals surface area contributed by atoms with Gasteiger partial charge in [0.05, 0.1) is 38.6 Å². The van der Waals surface area contributed by atoms with Crippen LogP contribution in [-0.2, 0) is 0 Å². The molecule has 2 aromatic carbocycles. The molecule has 0 fully saturated rings. The molecule has 0 radical (unpaired) electrons. The quantitative estimate of drug-likeness (QED) is 0.617. The molecular weight excluding hydrogens is 344 g/mol. The Kier molecular flexibility index (Phi) is 5.86. The minimum absolute atomic E-state index is 0.554. The van der Waals surface area contributed by atoms with Gasteiger partial charge >= 0.3 is 0 Å². The summed E-state index contributed by atoms with van der Waals surface area (Å²) in [5.41, 5.74) is 2.50. The Morgan fingerprint density at radius 1 is 0.815 bits per heavy atom. The van der Waals surface area contributed by atoms with Crippen LogP contribution in [0.3, 0.4) is 0 Å². The van der Waals surface area contributed by atoms with Crippen LogP contribution in [0, 0.1) is 0 Å². The zero-order valence-electron chi connectivity index (χ0n) is 16.0. The number of anilines is 2. The van der Waals surface area contributed by atoms with Gasteiger partial charge in [-0.1, -0.05) is 0 Å². The molecule has 0 aliphatic rings. The molecule has 0 unspecified atom stereocenters. The molecule has 0 atom stereocenters. The predicted molar refractivity (Wildman–Crippen MR) is 107 cm³/mol.